The van der Waals surface area contributed by atoms with Crippen molar-refractivity contribution in [2.45, 2.75) is 229 Å². The average molecular weight is 607 g/mol. The molecule has 0 saturated carbocycles. The van der Waals surface area contributed by atoms with E-state index in [4.69, 9.17) is 0 Å². The Bertz CT molecular complexity index is 524. The second-order valence-electron chi connectivity index (χ2n) is 17.3. The van der Waals surface area contributed by atoms with E-state index in [-0.39, 0.29) is 0 Å². The molecular formula is C42H88N+. The quantitative estimate of drug-likeness (QED) is 0.0544. The number of rotatable bonds is 31. The Morgan fingerprint density at radius 2 is 0.651 bits per heavy atom. The third kappa shape index (κ3) is 26.8. The molecule has 0 saturated heterocycles. The van der Waals surface area contributed by atoms with Gasteiger partial charge in [-0.25, -0.2) is 0 Å². The van der Waals surface area contributed by atoms with Gasteiger partial charge in [-0.05, 0) is 81.0 Å². The van der Waals surface area contributed by atoms with Crippen LogP contribution in [0.25, 0.3) is 0 Å². The van der Waals surface area contributed by atoms with Crippen molar-refractivity contribution >= 4 is 0 Å². The van der Waals surface area contributed by atoms with Gasteiger partial charge in [-0.15, -0.1) is 0 Å². The van der Waals surface area contributed by atoms with Crippen LogP contribution < -0.4 is 0 Å². The van der Waals surface area contributed by atoms with E-state index in [9.17, 15) is 0 Å². The number of unbranched alkanes of at least 4 members (excludes halogenated alkanes) is 20. The minimum Gasteiger partial charge on any atom is -0.324 e. The SMILES string of the molecule is CCCCCCCC[N+](CCCCCCCC)(CCCCCCCC)CCCCCCCCC(CC(C)(C)C)C(C)(C)C. The summed E-state index contributed by atoms with van der Waals surface area (Å²) in [5.74, 6) is 0.858. The van der Waals surface area contributed by atoms with E-state index in [1.807, 2.05) is 0 Å². The third-order valence-corrected chi connectivity index (χ3v) is 10.5. The van der Waals surface area contributed by atoms with Crippen molar-refractivity contribution in [1.82, 2.24) is 0 Å². The highest BCUT2D eigenvalue weighted by atomic mass is 15.3. The summed E-state index contributed by atoms with van der Waals surface area (Å²) in [6, 6.07) is 0. The summed E-state index contributed by atoms with van der Waals surface area (Å²) in [7, 11) is 0. The highest BCUT2D eigenvalue weighted by molar-refractivity contribution is 4.79. The minimum atomic E-state index is 0.441. The largest absolute Gasteiger partial charge is 0.324 e. The van der Waals surface area contributed by atoms with Crippen molar-refractivity contribution in [1.29, 1.82) is 0 Å². The molecule has 0 heterocycles. The Morgan fingerprint density at radius 1 is 0.372 bits per heavy atom. The van der Waals surface area contributed by atoms with Crippen LogP contribution in [0.1, 0.15) is 229 Å². The third-order valence-electron chi connectivity index (χ3n) is 10.5. The molecule has 1 heteroatoms. The topological polar surface area (TPSA) is 0 Å². The first-order valence-electron chi connectivity index (χ1n) is 20.3. The van der Waals surface area contributed by atoms with Gasteiger partial charge in [0, 0.05) is 0 Å². The van der Waals surface area contributed by atoms with Crippen LogP contribution in [0.5, 0.6) is 0 Å². The van der Waals surface area contributed by atoms with Crippen LogP contribution in [0.2, 0.25) is 0 Å². The Labute approximate surface area is 276 Å². The lowest BCUT2D eigenvalue weighted by Gasteiger charge is -2.40. The van der Waals surface area contributed by atoms with Crippen LogP contribution >= 0.6 is 0 Å². The molecule has 1 unspecified atom stereocenters. The molecular weight excluding hydrogens is 518 g/mol. The number of nitrogens with zero attached hydrogens (tertiary/aromatic N) is 1. The van der Waals surface area contributed by atoms with E-state index in [0.717, 1.165) is 5.92 Å². The maximum Gasteiger partial charge on any atom is 0.0786 e. The number of hydrogen-bond acceptors (Lipinski definition) is 0. The molecule has 0 spiro atoms. The summed E-state index contributed by atoms with van der Waals surface area (Å²) in [6.07, 6.45) is 37.5. The van der Waals surface area contributed by atoms with Gasteiger partial charge < -0.3 is 4.48 Å². The summed E-state index contributed by atoms with van der Waals surface area (Å²) in [4.78, 5) is 0. The van der Waals surface area contributed by atoms with Crippen LogP contribution in [-0.2, 0) is 0 Å². The van der Waals surface area contributed by atoms with Crippen molar-refractivity contribution in [3.63, 3.8) is 0 Å². The molecule has 0 aliphatic heterocycles. The molecule has 260 valence electrons. The Hall–Kier alpha value is -0.0400. The molecule has 0 aromatic heterocycles. The van der Waals surface area contributed by atoms with Gasteiger partial charge in [0.1, 0.15) is 0 Å². The van der Waals surface area contributed by atoms with E-state index in [1.165, 1.54) is 198 Å². The molecule has 0 aliphatic carbocycles. The van der Waals surface area contributed by atoms with E-state index < -0.39 is 0 Å². The number of hydrogen-bond donors (Lipinski definition) is 0. The zero-order valence-corrected chi connectivity index (χ0v) is 32.2. The molecule has 0 aliphatic rings. The highest BCUT2D eigenvalue weighted by Crippen LogP contribution is 2.39. The normalized spacial score (nSPS) is 13.6. The molecule has 0 radical (unpaired) electrons. The first kappa shape index (κ1) is 43.0. The first-order chi connectivity index (χ1) is 20.5. The highest BCUT2D eigenvalue weighted by Gasteiger charge is 2.28. The standard InChI is InChI=1S/C42H88N/c1-10-13-16-19-25-30-35-43(36-31-26-20-17-14-11-2,37-32-27-21-18-15-12-3)38-33-28-23-22-24-29-34-40(42(7,8)9)39-41(4,5)6/h40H,10-39H2,1-9H3/q+1. The van der Waals surface area contributed by atoms with Crippen LogP contribution in [-0.4, -0.2) is 30.7 Å². The molecule has 0 fully saturated rings. The molecule has 0 rings (SSSR count). The molecule has 0 aromatic carbocycles. The monoisotopic (exact) mass is 607 g/mol. The lowest BCUT2D eigenvalue weighted by molar-refractivity contribution is -0.929. The summed E-state index contributed by atoms with van der Waals surface area (Å²) in [6.45, 7) is 27.6. The van der Waals surface area contributed by atoms with Gasteiger partial charge in [-0.3, -0.25) is 0 Å². The van der Waals surface area contributed by atoms with Crippen LogP contribution in [0.3, 0.4) is 0 Å². The average Bonchev–Trinajstić information content (AvgIpc) is 2.94. The van der Waals surface area contributed by atoms with Crippen molar-refractivity contribution in [3.8, 4) is 0 Å². The van der Waals surface area contributed by atoms with Crippen LogP contribution in [0, 0.1) is 16.7 Å². The van der Waals surface area contributed by atoms with Gasteiger partial charge in [-0.1, -0.05) is 165 Å². The van der Waals surface area contributed by atoms with Gasteiger partial charge in [0.15, 0.2) is 0 Å². The summed E-state index contributed by atoms with van der Waals surface area (Å²) < 4.78 is 1.47. The van der Waals surface area contributed by atoms with E-state index in [0.29, 0.717) is 10.8 Å². The Balaban J connectivity index is 4.89. The van der Waals surface area contributed by atoms with Crippen molar-refractivity contribution in [2.24, 2.45) is 16.7 Å². The predicted molar refractivity (Wildman–Crippen MR) is 199 cm³/mol. The van der Waals surface area contributed by atoms with Crippen molar-refractivity contribution in [3.05, 3.63) is 0 Å². The lowest BCUT2D eigenvalue weighted by Crippen LogP contribution is -2.50. The van der Waals surface area contributed by atoms with Crippen molar-refractivity contribution < 1.29 is 4.48 Å². The smallest absolute Gasteiger partial charge is 0.0786 e. The zero-order valence-electron chi connectivity index (χ0n) is 32.2. The maximum atomic E-state index is 2.47. The Kier molecular flexibility index (Phi) is 27.1. The summed E-state index contributed by atoms with van der Waals surface area (Å²) in [5.41, 5.74) is 0.889. The summed E-state index contributed by atoms with van der Waals surface area (Å²) >= 11 is 0. The van der Waals surface area contributed by atoms with Crippen LogP contribution in [0.15, 0.2) is 0 Å². The molecule has 43 heavy (non-hydrogen) atoms. The Morgan fingerprint density at radius 3 is 0.930 bits per heavy atom. The fraction of sp³-hybridized carbons (Fsp3) is 1.00. The molecule has 0 aromatic rings. The van der Waals surface area contributed by atoms with Crippen molar-refractivity contribution in [2.75, 3.05) is 26.2 Å². The minimum absolute atomic E-state index is 0.441. The second-order valence-corrected chi connectivity index (χ2v) is 17.3. The maximum absolute atomic E-state index is 2.47. The fourth-order valence-electron chi connectivity index (χ4n) is 7.48. The molecule has 1 atom stereocenters. The lowest BCUT2D eigenvalue weighted by atomic mass is 9.70. The molecule has 0 N–H and O–H groups in total. The van der Waals surface area contributed by atoms with Gasteiger partial charge in [0.05, 0.1) is 26.2 Å². The first-order valence-corrected chi connectivity index (χ1v) is 20.3. The van der Waals surface area contributed by atoms with Gasteiger partial charge >= 0.3 is 0 Å². The number of quaternary nitrogens is 1. The molecule has 0 bridgehead atoms. The molecule has 1 nitrogen and oxygen atoms in total. The van der Waals surface area contributed by atoms with Gasteiger partial charge in [0.2, 0.25) is 0 Å². The van der Waals surface area contributed by atoms with E-state index >= 15 is 0 Å². The van der Waals surface area contributed by atoms with Gasteiger partial charge in [-0.2, -0.15) is 0 Å². The predicted octanol–water partition coefficient (Wildman–Crippen LogP) is 14.7. The van der Waals surface area contributed by atoms with E-state index in [1.54, 1.807) is 0 Å². The molecule has 0 amide bonds. The zero-order chi connectivity index (χ0) is 32.3. The fourth-order valence-corrected chi connectivity index (χ4v) is 7.48. The van der Waals surface area contributed by atoms with E-state index in [2.05, 4.69) is 62.3 Å². The van der Waals surface area contributed by atoms with Gasteiger partial charge in [0.25, 0.3) is 0 Å². The second kappa shape index (κ2) is 27.1. The summed E-state index contributed by atoms with van der Waals surface area (Å²) in [5, 5.41) is 0. The van der Waals surface area contributed by atoms with Crippen LogP contribution in [0.4, 0.5) is 0 Å².